The van der Waals surface area contributed by atoms with Crippen molar-refractivity contribution in [1.29, 1.82) is 0 Å². The van der Waals surface area contributed by atoms with Crippen molar-refractivity contribution in [2.45, 2.75) is 12.5 Å². The first-order valence-corrected chi connectivity index (χ1v) is 5.12. The second-order valence-corrected chi connectivity index (χ2v) is 3.83. The third-order valence-electron chi connectivity index (χ3n) is 2.39. The van der Waals surface area contributed by atoms with Crippen molar-refractivity contribution in [3.8, 4) is 0 Å². The Balaban J connectivity index is 2.60. The Morgan fingerprint density at radius 3 is 2.76 bits per heavy atom. The number of likely N-dealkylation sites (N-methyl/N-ethyl adjacent to an activating group) is 1. The largest absolute Gasteiger partial charge is 0.481 e. The Labute approximate surface area is 98.8 Å². The summed E-state index contributed by atoms with van der Waals surface area (Å²) in [5.41, 5.74) is 6.38. The molecule has 0 saturated heterocycles. The molecule has 1 rings (SSSR count). The molecule has 0 spiro atoms. The minimum atomic E-state index is -0.945. The van der Waals surface area contributed by atoms with Crippen LogP contribution in [0.15, 0.2) is 12.4 Å². The fraction of sp³-hybridized carbons (Fsp3) is 0.500. The molecular weight excluding hydrogens is 224 g/mol. The van der Waals surface area contributed by atoms with E-state index in [4.69, 9.17) is 10.8 Å². The summed E-state index contributed by atoms with van der Waals surface area (Å²) in [5, 5.41) is 12.4. The molecule has 1 aromatic heterocycles. The topological polar surface area (TPSA) is 101 Å². The number of amides is 1. The van der Waals surface area contributed by atoms with Crippen LogP contribution in [0.3, 0.4) is 0 Å². The molecule has 17 heavy (non-hydrogen) atoms. The van der Waals surface area contributed by atoms with Crippen molar-refractivity contribution in [3.63, 3.8) is 0 Å². The number of carbonyl (C=O) groups is 2. The SMILES string of the molecule is CN(CCC(=O)O)C(=O)C(N)c1cnn(C)c1. The minimum absolute atomic E-state index is 0.0952. The van der Waals surface area contributed by atoms with Gasteiger partial charge >= 0.3 is 5.97 Å². The van der Waals surface area contributed by atoms with E-state index in [1.54, 1.807) is 17.9 Å². The van der Waals surface area contributed by atoms with E-state index in [1.165, 1.54) is 18.1 Å². The van der Waals surface area contributed by atoms with Gasteiger partial charge in [-0.25, -0.2) is 0 Å². The highest BCUT2D eigenvalue weighted by molar-refractivity contribution is 5.83. The fourth-order valence-electron chi connectivity index (χ4n) is 1.35. The molecule has 7 nitrogen and oxygen atoms in total. The first-order chi connectivity index (χ1) is 7.91. The van der Waals surface area contributed by atoms with Crippen LogP contribution in [-0.2, 0) is 16.6 Å². The molecule has 7 heteroatoms. The molecule has 0 fully saturated rings. The zero-order chi connectivity index (χ0) is 13.0. The lowest BCUT2D eigenvalue weighted by atomic mass is 10.1. The van der Waals surface area contributed by atoms with Crippen LogP contribution in [0.2, 0.25) is 0 Å². The first-order valence-electron chi connectivity index (χ1n) is 5.12. The van der Waals surface area contributed by atoms with Gasteiger partial charge in [-0.1, -0.05) is 0 Å². The molecular formula is C10H16N4O3. The molecule has 3 N–H and O–H groups in total. The number of aryl methyl sites for hydroxylation is 1. The predicted octanol–water partition coefficient (Wildman–Crippen LogP) is -0.647. The van der Waals surface area contributed by atoms with Crippen molar-refractivity contribution in [3.05, 3.63) is 18.0 Å². The van der Waals surface area contributed by atoms with Gasteiger partial charge in [-0.3, -0.25) is 14.3 Å². The lowest BCUT2D eigenvalue weighted by molar-refractivity contribution is -0.138. The Morgan fingerprint density at radius 2 is 2.29 bits per heavy atom. The van der Waals surface area contributed by atoms with Gasteiger partial charge in [-0.15, -0.1) is 0 Å². The second kappa shape index (κ2) is 5.44. The standard InChI is InChI=1S/C10H16N4O3/c1-13(4-3-8(15)16)10(17)9(11)7-5-12-14(2)6-7/h5-6,9H,3-4,11H2,1-2H3,(H,15,16). The van der Waals surface area contributed by atoms with E-state index in [0.717, 1.165) is 0 Å². The van der Waals surface area contributed by atoms with Crippen LogP contribution in [0, 0.1) is 0 Å². The van der Waals surface area contributed by atoms with Crippen LogP contribution in [-0.4, -0.2) is 45.3 Å². The highest BCUT2D eigenvalue weighted by Gasteiger charge is 2.21. The van der Waals surface area contributed by atoms with Crippen LogP contribution in [0.4, 0.5) is 0 Å². The van der Waals surface area contributed by atoms with E-state index >= 15 is 0 Å². The van der Waals surface area contributed by atoms with Crippen molar-refractivity contribution in [1.82, 2.24) is 14.7 Å². The number of rotatable bonds is 5. The van der Waals surface area contributed by atoms with Crippen molar-refractivity contribution >= 4 is 11.9 Å². The van der Waals surface area contributed by atoms with Crippen LogP contribution < -0.4 is 5.73 Å². The monoisotopic (exact) mass is 240 g/mol. The summed E-state index contributed by atoms with van der Waals surface area (Å²) in [7, 11) is 3.26. The molecule has 1 heterocycles. The van der Waals surface area contributed by atoms with Gasteiger partial charge in [-0.05, 0) is 0 Å². The Kier molecular flexibility index (Phi) is 4.22. The summed E-state index contributed by atoms with van der Waals surface area (Å²) in [6.45, 7) is 0.141. The van der Waals surface area contributed by atoms with Crippen molar-refractivity contribution < 1.29 is 14.7 Å². The lowest BCUT2D eigenvalue weighted by Crippen LogP contribution is -2.36. The van der Waals surface area contributed by atoms with Gasteiger partial charge in [0.2, 0.25) is 5.91 Å². The van der Waals surface area contributed by atoms with Crippen molar-refractivity contribution in [2.75, 3.05) is 13.6 Å². The number of carboxylic acid groups (broad SMARTS) is 1. The molecule has 0 bridgehead atoms. The maximum Gasteiger partial charge on any atom is 0.305 e. The Morgan fingerprint density at radius 1 is 1.65 bits per heavy atom. The van der Waals surface area contributed by atoms with Crippen LogP contribution in [0.1, 0.15) is 18.0 Å². The molecule has 94 valence electrons. The Hall–Kier alpha value is -1.89. The fourth-order valence-corrected chi connectivity index (χ4v) is 1.35. The zero-order valence-corrected chi connectivity index (χ0v) is 9.83. The molecule has 0 aliphatic rings. The molecule has 0 aliphatic carbocycles. The van der Waals surface area contributed by atoms with Gasteiger partial charge < -0.3 is 15.7 Å². The smallest absolute Gasteiger partial charge is 0.305 e. The lowest BCUT2D eigenvalue weighted by Gasteiger charge is -2.19. The highest BCUT2D eigenvalue weighted by atomic mass is 16.4. The predicted molar refractivity (Wildman–Crippen MR) is 60.0 cm³/mol. The maximum absolute atomic E-state index is 11.8. The number of aromatic nitrogens is 2. The summed E-state index contributed by atoms with van der Waals surface area (Å²) in [4.78, 5) is 23.5. The zero-order valence-electron chi connectivity index (χ0n) is 9.83. The first kappa shape index (κ1) is 13.2. The number of aliphatic carboxylic acids is 1. The minimum Gasteiger partial charge on any atom is -0.481 e. The average molecular weight is 240 g/mol. The number of nitrogens with two attached hydrogens (primary N) is 1. The molecule has 0 aromatic carbocycles. The molecule has 1 unspecified atom stereocenters. The molecule has 0 radical (unpaired) electrons. The number of hydrogen-bond donors (Lipinski definition) is 2. The van der Waals surface area contributed by atoms with Crippen molar-refractivity contribution in [2.24, 2.45) is 12.8 Å². The molecule has 1 aromatic rings. The van der Waals surface area contributed by atoms with Gasteiger partial charge in [-0.2, -0.15) is 5.10 Å². The number of nitrogens with zero attached hydrogens (tertiary/aromatic N) is 3. The van der Waals surface area contributed by atoms with E-state index in [1.807, 2.05) is 0 Å². The molecule has 1 atom stereocenters. The van der Waals surface area contributed by atoms with Crippen LogP contribution >= 0.6 is 0 Å². The molecule has 0 aliphatic heterocycles. The summed E-state index contributed by atoms with van der Waals surface area (Å²) in [5.74, 6) is -1.26. The summed E-state index contributed by atoms with van der Waals surface area (Å²) < 4.78 is 1.56. The number of carboxylic acids is 1. The third-order valence-corrected chi connectivity index (χ3v) is 2.39. The van der Waals surface area contributed by atoms with Gasteiger partial charge in [0.1, 0.15) is 6.04 Å². The summed E-state index contributed by atoms with van der Waals surface area (Å²) in [6, 6.07) is -0.803. The van der Waals surface area contributed by atoms with Crippen LogP contribution in [0.5, 0.6) is 0 Å². The quantitative estimate of drug-likeness (QED) is 0.712. The number of carbonyl (C=O) groups excluding carboxylic acids is 1. The van der Waals surface area contributed by atoms with E-state index in [0.29, 0.717) is 5.56 Å². The van der Waals surface area contributed by atoms with Gasteiger partial charge in [0.25, 0.3) is 0 Å². The van der Waals surface area contributed by atoms with E-state index in [-0.39, 0.29) is 18.9 Å². The summed E-state index contributed by atoms with van der Waals surface area (Å²) in [6.07, 6.45) is 3.09. The second-order valence-electron chi connectivity index (χ2n) is 3.83. The molecule has 1 amide bonds. The van der Waals surface area contributed by atoms with Gasteiger partial charge in [0, 0.05) is 32.4 Å². The molecule has 0 saturated carbocycles. The highest BCUT2D eigenvalue weighted by Crippen LogP contribution is 2.11. The van der Waals surface area contributed by atoms with Crippen LogP contribution in [0.25, 0.3) is 0 Å². The Bertz CT molecular complexity index is 415. The maximum atomic E-state index is 11.8. The third kappa shape index (κ3) is 3.56. The number of hydrogen-bond acceptors (Lipinski definition) is 4. The normalized spacial score (nSPS) is 12.2. The van der Waals surface area contributed by atoms with Gasteiger partial charge in [0.05, 0.1) is 12.6 Å². The summed E-state index contributed by atoms with van der Waals surface area (Å²) >= 11 is 0. The van der Waals surface area contributed by atoms with E-state index < -0.39 is 12.0 Å². The van der Waals surface area contributed by atoms with E-state index in [2.05, 4.69) is 5.10 Å². The van der Waals surface area contributed by atoms with E-state index in [9.17, 15) is 9.59 Å². The average Bonchev–Trinajstić information content (AvgIpc) is 2.70. The van der Waals surface area contributed by atoms with Gasteiger partial charge in [0.15, 0.2) is 0 Å².